The zero-order valence-corrected chi connectivity index (χ0v) is 13.2. The normalized spacial score (nSPS) is 16.5. The van der Waals surface area contributed by atoms with Gasteiger partial charge in [-0.15, -0.1) is 0 Å². The molecule has 0 aliphatic heterocycles. The van der Waals surface area contributed by atoms with E-state index in [-0.39, 0.29) is 18.2 Å². The molecule has 1 atom stereocenters. The molecule has 1 aromatic heterocycles. The van der Waals surface area contributed by atoms with Gasteiger partial charge in [-0.3, -0.25) is 9.58 Å². The van der Waals surface area contributed by atoms with Crippen molar-refractivity contribution in [3.05, 3.63) is 53.9 Å². The van der Waals surface area contributed by atoms with Gasteiger partial charge in [-0.05, 0) is 30.5 Å². The summed E-state index contributed by atoms with van der Waals surface area (Å²) in [6.45, 7) is 0.852. The van der Waals surface area contributed by atoms with Crippen LogP contribution in [0.15, 0.2) is 42.7 Å². The van der Waals surface area contributed by atoms with Crippen LogP contribution in [0.1, 0.15) is 24.0 Å². The third-order valence-corrected chi connectivity index (χ3v) is 4.16. The topological polar surface area (TPSA) is 41.3 Å². The minimum Gasteiger partial charge on any atom is -0.390 e. The van der Waals surface area contributed by atoms with Crippen molar-refractivity contribution in [1.82, 2.24) is 14.7 Å². The Morgan fingerprint density at radius 2 is 2.00 bits per heavy atom. The maximum Gasteiger partial charge on any atom is 0.416 e. The summed E-state index contributed by atoms with van der Waals surface area (Å²) >= 11 is 0. The number of benzene rings is 1. The molecule has 1 aliphatic rings. The highest BCUT2D eigenvalue weighted by Crippen LogP contribution is 2.34. The molecule has 1 heterocycles. The molecule has 4 nitrogen and oxygen atoms in total. The van der Waals surface area contributed by atoms with E-state index >= 15 is 0 Å². The zero-order chi connectivity index (χ0) is 17.2. The van der Waals surface area contributed by atoms with E-state index in [1.54, 1.807) is 29.2 Å². The van der Waals surface area contributed by atoms with E-state index in [2.05, 4.69) is 5.10 Å². The van der Waals surface area contributed by atoms with Crippen molar-refractivity contribution in [3.8, 4) is 0 Å². The van der Waals surface area contributed by atoms with Crippen LogP contribution in [-0.4, -0.2) is 38.5 Å². The maximum atomic E-state index is 13.2. The number of aliphatic hydroxyl groups is 1. The predicted octanol–water partition coefficient (Wildman–Crippen LogP) is 2.93. The van der Waals surface area contributed by atoms with Crippen LogP contribution in [0.4, 0.5) is 13.2 Å². The molecule has 0 radical (unpaired) electrons. The van der Waals surface area contributed by atoms with Gasteiger partial charge < -0.3 is 5.11 Å². The van der Waals surface area contributed by atoms with Crippen molar-refractivity contribution in [2.24, 2.45) is 0 Å². The van der Waals surface area contributed by atoms with Crippen LogP contribution in [0.25, 0.3) is 0 Å². The molecular weight excluding hydrogens is 319 g/mol. The third kappa shape index (κ3) is 4.36. The van der Waals surface area contributed by atoms with Gasteiger partial charge >= 0.3 is 6.18 Å². The van der Waals surface area contributed by atoms with Gasteiger partial charge in [0.2, 0.25) is 0 Å². The van der Waals surface area contributed by atoms with Gasteiger partial charge in [0.05, 0.1) is 18.2 Å². The smallest absolute Gasteiger partial charge is 0.390 e. The first-order chi connectivity index (χ1) is 11.4. The number of hydrogen-bond donors (Lipinski definition) is 1. The Hall–Kier alpha value is -1.86. The van der Waals surface area contributed by atoms with Crippen molar-refractivity contribution >= 4 is 0 Å². The number of aliphatic hydroxyl groups excluding tert-OH is 1. The van der Waals surface area contributed by atoms with Crippen LogP contribution >= 0.6 is 0 Å². The molecule has 7 heteroatoms. The molecule has 0 saturated heterocycles. The highest BCUT2D eigenvalue weighted by atomic mass is 19.4. The van der Waals surface area contributed by atoms with E-state index in [1.165, 1.54) is 12.1 Å². The summed E-state index contributed by atoms with van der Waals surface area (Å²) in [5.74, 6) is 0. The predicted molar refractivity (Wildman–Crippen MR) is 83.1 cm³/mol. The minimum absolute atomic E-state index is 0.191. The largest absolute Gasteiger partial charge is 0.416 e. The third-order valence-electron chi connectivity index (χ3n) is 4.16. The van der Waals surface area contributed by atoms with Crippen molar-refractivity contribution in [1.29, 1.82) is 0 Å². The lowest BCUT2D eigenvalue weighted by Gasteiger charge is -2.26. The summed E-state index contributed by atoms with van der Waals surface area (Å²) in [7, 11) is 0. The monoisotopic (exact) mass is 339 g/mol. The maximum absolute atomic E-state index is 13.2. The molecule has 0 amide bonds. The van der Waals surface area contributed by atoms with Crippen LogP contribution in [-0.2, 0) is 19.3 Å². The summed E-state index contributed by atoms with van der Waals surface area (Å²) in [4.78, 5) is 1.94. The second kappa shape index (κ2) is 6.94. The molecule has 24 heavy (non-hydrogen) atoms. The lowest BCUT2D eigenvalue weighted by molar-refractivity contribution is -0.138. The summed E-state index contributed by atoms with van der Waals surface area (Å²) in [6, 6.07) is 7.67. The van der Waals surface area contributed by atoms with Gasteiger partial charge in [0.1, 0.15) is 0 Å². The molecule has 0 spiro atoms. The molecular formula is C17H20F3N3O. The number of halogens is 3. The van der Waals surface area contributed by atoms with Crippen molar-refractivity contribution in [2.75, 3.05) is 6.54 Å². The van der Waals surface area contributed by atoms with Crippen LogP contribution in [0.3, 0.4) is 0 Å². The van der Waals surface area contributed by atoms with Crippen LogP contribution < -0.4 is 0 Å². The van der Waals surface area contributed by atoms with Gasteiger partial charge in [0, 0.05) is 31.5 Å². The average Bonchev–Trinajstić information content (AvgIpc) is 3.25. The molecule has 1 aromatic carbocycles. The Morgan fingerprint density at radius 3 is 2.62 bits per heavy atom. The van der Waals surface area contributed by atoms with E-state index < -0.39 is 17.8 Å². The Kier molecular flexibility index (Phi) is 4.91. The molecule has 1 N–H and O–H groups in total. The quantitative estimate of drug-likeness (QED) is 0.843. The van der Waals surface area contributed by atoms with Crippen molar-refractivity contribution in [3.63, 3.8) is 0 Å². The Labute approximate surface area is 138 Å². The van der Waals surface area contributed by atoms with Crippen molar-refractivity contribution < 1.29 is 18.3 Å². The van der Waals surface area contributed by atoms with Gasteiger partial charge in [0.25, 0.3) is 0 Å². The lowest BCUT2D eigenvalue weighted by atomic mass is 10.1. The van der Waals surface area contributed by atoms with E-state index in [9.17, 15) is 18.3 Å². The Bertz CT molecular complexity index is 653. The number of nitrogens with zero attached hydrogens (tertiary/aromatic N) is 3. The van der Waals surface area contributed by atoms with Gasteiger partial charge in [0.15, 0.2) is 0 Å². The molecule has 1 saturated carbocycles. The fourth-order valence-corrected chi connectivity index (χ4v) is 2.89. The summed E-state index contributed by atoms with van der Waals surface area (Å²) in [5.41, 5.74) is -0.347. The van der Waals surface area contributed by atoms with Crippen molar-refractivity contribution in [2.45, 2.75) is 44.3 Å². The van der Waals surface area contributed by atoms with Gasteiger partial charge in [-0.25, -0.2) is 0 Å². The lowest BCUT2D eigenvalue weighted by Crippen LogP contribution is -2.36. The first-order valence-electron chi connectivity index (χ1n) is 7.98. The van der Waals surface area contributed by atoms with Crippen LogP contribution in [0.2, 0.25) is 0 Å². The number of alkyl halides is 3. The van der Waals surface area contributed by atoms with Gasteiger partial charge in [-0.2, -0.15) is 18.3 Å². The highest BCUT2D eigenvalue weighted by Gasteiger charge is 2.35. The van der Waals surface area contributed by atoms with E-state index in [0.29, 0.717) is 13.1 Å². The highest BCUT2D eigenvalue weighted by molar-refractivity contribution is 5.29. The summed E-state index contributed by atoms with van der Waals surface area (Å²) in [6.07, 6.45) is 0.267. The first kappa shape index (κ1) is 17.0. The fraction of sp³-hybridized carbons (Fsp3) is 0.471. The fourth-order valence-electron chi connectivity index (χ4n) is 2.89. The Balaban J connectivity index is 1.69. The number of rotatable bonds is 7. The molecule has 1 aliphatic carbocycles. The molecule has 1 fully saturated rings. The van der Waals surface area contributed by atoms with E-state index in [0.717, 1.165) is 18.9 Å². The van der Waals surface area contributed by atoms with Gasteiger partial charge in [-0.1, -0.05) is 18.2 Å². The SMILES string of the molecule is O[C@H](CN(Cc1ccccc1C(F)(F)F)C1CC1)Cn1cccn1. The molecule has 0 bridgehead atoms. The van der Waals surface area contributed by atoms with Crippen LogP contribution in [0, 0.1) is 0 Å². The molecule has 3 rings (SSSR count). The second-order valence-corrected chi connectivity index (χ2v) is 6.20. The first-order valence-corrected chi connectivity index (χ1v) is 7.98. The summed E-state index contributed by atoms with van der Waals surface area (Å²) < 4.78 is 41.1. The Morgan fingerprint density at radius 1 is 1.25 bits per heavy atom. The van der Waals surface area contributed by atoms with Crippen LogP contribution in [0.5, 0.6) is 0 Å². The zero-order valence-electron chi connectivity index (χ0n) is 13.2. The number of aromatic nitrogens is 2. The average molecular weight is 339 g/mol. The van der Waals surface area contributed by atoms with E-state index in [4.69, 9.17) is 0 Å². The molecule has 2 aromatic rings. The second-order valence-electron chi connectivity index (χ2n) is 6.20. The standard InChI is InChI=1S/C17H20F3N3O/c18-17(19,20)16-5-2-1-4-13(16)10-22(14-6-7-14)11-15(24)12-23-9-3-8-21-23/h1-5,8-9,14-15,24H,6-7,10-12H2/t15-/m1/s1. The van der Waals surface area contributed by atoms with E-state index in [1.807, 2.05) is 4.90 Å². The number of hydrogen-bond acceptors (Lipinski definition) is 3. The molecule has 130 valence electrons. The molecule has 0 unspecified atom stereocenters. The minimum atomic E-state index is -4.36. The summed E-state index contributed by atoms with van der Waals surface area (Å²) in [5, 5.41) is 14.3.